The van der Waals surface area contributed by atoms with Gasteiger partial charge in [0, 0.05) is 16.7 Å². The highest BCUT2D eigenvalue weighted by atomic mass is 15.0. The van der Waals surface area contributed by atoms with Gasteiger partial charge in [-0.05, 0) is 105 Å². The lowest BCUT2D eigenvalue weighted by Crippen LogP contribution is -2.25. The Morgan fingerprint density at radius 2 is 0.965 bits per heavy atom. The number of hydrogen-bond donors (Lipinski definition) is 0. The summed E-state index contributed by atoms with van der Waals surface area (Å²) in [6, 6.07) is 61.3. The SMILES string of the molecule is Cc1ccc(-c2nc(-c3ccccc3)nc(-c3ccccc3)n2)cc1CC1C=CC(c2ccc3c(c2)C2(c4ccccc4-c4ccccc42)c2ccccc2-3)=CC1. The quantitative estimate of drug-likeness (QED) is 0.171. The molecular formula is C54H39N3. The highest BCUT2D eigenvalue weighted by Gasteiger charge is 2.51. The Hall–Kier alpha value is -6.97. The van der Waals surface area contributed by atoms with Crippen LogP contribution in [0.15, 0.2) is 188 Å². The number of nitrogens with zero attached hydrogens (tertiary/aromatic N) is 3. The van der Waals surface area contributed by atoms with Gasteiger partial charge in [-0.15, -0.1) is 0 Å². The zero-order chi connectivity index (χ0) is 37.9. The zero-order valence-corrected chi connectivity index (χ0v) is 31.7. The van der Waals surface area contributed by atoms with Gasteiger partial charge in [0.25, 0.3) is 0 Å². The molecule has 3 heteroatoms. The van der Waals surface area contributed by atoms with E-state index in [1.54, 1.807) is 0 Å². The first kappa shape index (κ1) is 33.4. The molecule has 8 aromatic rings. The Kier molecular flexibility index (Phi) is 7.82. The van der Waals surface area contributed by atoms with Crippen LogP contribution in [-0.4, -0.2) is 15.0 Å². The maximum atomic E-state index is 5.00. The van der Waals surface area contributed by atoms with E-state index >= 15 is 0 Å². The molecule has 11 rings (SSSR count). The standard InChI is InChI=1S/C54H39N3/c1-35-24-27-41(53-56-51(38-14-4-2-5-15-38)55-52(57-53)39-16-6-3-7-17-39)33-42(35)32-36-25-28-37(29-26-36)40-30-31-46-45-20-10-13-23-49(45)54(50(46)34-40)47-21-11-8-18-43(47)44-19-9-12-22-48(44)54/h2-25,27-31,33-34,36H,26,32H2,1H3. The second-order valence-electron chi connectivity index (χ2n) is 15.5. The number of aryl methyl sites for hydroxylation is 1. The third kappa shape index (κ3) is 5.38. The molecule has 1 atom stereocenters. The second-order valence-corrected chi connectivity index (χ2v) is 15.5. The first-order valence-corrected chi connectivity index (χ1v) is 19.9. The first-order valence-electron chi connectivity index (χ1n) is 19.9. The summed E-state index contributed by atoms with van der Waals surface area (Å²) in [5.41, 5.74) is 18.6. The minimum Gasteiger partial charge on any atom is -0.208 e. The molecule has 1 spiro atoms. The predicted molar refractivity (Wildman–Crippen MR) is 233 cm³/mol. The largest absolute Gasteiger partial charge is 0.208 e. The topological polar surface area (TPSA) is 38.7 Å². The van der Waals surface area contributed by atoms with E-state index < -0.39 is 0 Å². The van der Waals surface area contributed by atoms with E-state index in [2.05, 4.69) is 159 Å². The third-order valence-electron chi connectivity index (χ3n) is 12.3. The summed E-state index contributed by atoms with van der Waals surface area (Å²) >= 11 is 0. The van der Waals surface area contributed by atoms with Crippen molar-refractivity contribution in [1.82, 2.24) is 15.0 Å². The molecule has 0 bridgehead atoms. The van der Waals surface area contributed by atoms with Gasteiger partial charge in [0.05, 0.1) is 5.41 Å². The molecule has 3 nitrogen and oxygen atoms in total. The summed E-state index contributed by atoms with van der Waals surface area (Å²) in [6.07, 6.45) is 9.14. The van der Waals surface area contributed by atoms with Gasteiger partial charge in [-0.25, -0.2) is 15.0 Å². The highest BCUT2D eigenvalue weighted by Crippen LogP contribution is 2.62. The van der Waals surface area contributed by atoms with Crippen molar-refractivity contribution in [3.8, 4) is 56.4 Å². The van der Waals surface area contributed by atoms with E-state index in [0.717, 1.165) is 29.5 Å². The third-order valence-corrected chi connectivity index (χ3v) is 12.3. The molecule has 0 amide bonds. The van der Waals surface area contributed by atoms with E-state index in [4.69, 9.17) is 15.0 Å². The van der Waals surface area contributed by atoms with Crippen LogP contribution in [0.2, 0.25) is 0 Å². The molecule has 1 aromatic heterocycles. The molecule has 270 valence electrons. The van der Waals surface area contributed by atoms with Gasteiger partial charge < -0.3 is 0 Å². The fraction of sp³-hybridized carbons (Fsp3) is 0.0926. The second kappa shape index (κ2) is 13.4. The summed E-state index contributed by atoms with van der Waals surface area (Å²) in [5, 5.41) is 0. The molecule has 3 aliphatic carbocycles. The normalized spacial score (nSPS) is 15.5. The molecule has 1 unspecified atom stereocenters. The average molecular weight is 730 g/mol. The van der Waals surface area contributed by atoms with Crippen LogP contribution in [0.1, 0.15) is 45.4 Å². The Morgan fingerprint density at radius 1 is 0.474 bits per heavy atom. The number of fused-ring (bicyclic) bond motifs is 10. The zero-order valence-electron chi connectivity index (χ0n) is 31.7. The maximum absolute atomic E-state index is 5.00. The Balaban J connectivity index is 0.910. The lowest BCUT2D eigenvalue weighted by molar-refractivity contribution is 0.653. The molecule has 0 aliphatic heterocycles. The van der Waals surface area contributed by atoms with Crippen LogP contribution in [0.5, 0.6) is 0 Å². The van der Waals surface area contributed by atoms with Crippen molar-refractivity contribution in [2.45, 2.75) is 25.2 Å². The number of rotatable bonds is 6. The summed E-state index contributed by atoms with van der Waals surface area (Å²) < 4.78 is 0. The van der Waals surface area contributed by atoms with Gasteiger partial charge in [0.2, 0.25) is 0 Å². The summed E-state index contributed by atoms with van der Waals surface area (Å²) in [7, 11) is 0. The van der Waals surface area contributed by atoms with Gasteiger partial charge in [-0.3, -0.25) is 0 Å². The van der Waals surface area contributed by atoms with Crippen LogP contribution in [0.3, 0.4) is 0 Å². The lowest BCUT2D eigenvalue weighted by Gasteiger charge is -2.30. The first-order chi connectivity index (χ1) is 28.1. The smallest absolute Gasteiger partial charge is 0.164 e. The van der Waals surface area contributed by atoms with Gasteiger partial charge in [0.1, 0.15) is 0 Å². The summed E-state index contributed by atoms with van der Waals surface area (Å²) in [5.74, 6) is 2.43. The molecule has 1 heterocycles. The number of allylic oxidation sites excluding steroid dienone is 4. The van der Waals surface area contributed by atoms with Crippen LogP contribution in [0, 0.1) is 12.8 Å². The van der Waals surface area contributed by atoms with Crippen molar-refractivity contribution in [3.63, 3.8) is 0 Å². The van der Waals surface area contributed by atoms with Crippen LogP contribution in [-0.2, 0) is 11.8 Å². The Morgan fingerprint density at radius 3 is 1.51 bits per heavy atom. The van der Waals surface area contributed by atoms with Gasteiger partial charge in [-0.1, -0.05) is 176 Å². The molecule has 0 saturated heterocycles. The van der Waals surface area contributed by atoms with Gasteiger partial charge in [0.15, 0.2) is 17.5 Å². The molecule has 7 aromatic carbocycles. The van der Waals surface area contributed by atoms with E-state index in [1.807, 2.05) is 36.4 Å². The molecule has 3 aliphatic rings. The van der Waals surface area contributed by atoms with E-state index in [9.17, 15) is 0 Å². The van der Waals surface area contributed by atoms with Crippen LogP contribution in [0.25, 0.3) is 62.0 Å². The molecular weight excluding hydrogens is 691 g/mol. The van der Waals surface area contributed by atoms with Gasteiger partial charge >= 0.3 is 0 Å². The number of benzene rings is 7. The molecule has 0 radical (unpaired) electrons. The van der Waals surface area contributed by atoms with Crippen molar-refractivity contribution in [1.29, 1.82) is 0 Å². The fourth-order valence-electron chi connectivity index (χ4n) is 9.56. The average Bonchev–Trinajstić information content (AvgIpc) is 3.75. The van der Waals surface area contributed by atoms with Crippen molar-refractivity contribution in [2.75, 3.05) is 0 Å². The van der Waals surface area contributed by atoms with Crippen molar-refractivity contribution in [3.05, 3.63) is 227 Å². The van der Waals surface area contributed by atoms with E-state index in [-0.39, 0.29) is 5.41 Å². The lowest BCUT2D eigenvalue weighted by atomic mass is 9.70. The van der Waals surface area contributed by atoms with E-state index in [1.165, 1.54) is 66.8 Å². The van der Waals surface area contributed by atoms with Crippen LogP contribution >= 0.6 is 0 Å². The van der Waals surface area contributed by atoms with Crippen molar-refractivity contribution in [2.24, 2.45) is 5.92 Å². The van der Waals surface area contributed by atoms with E-state index in [0.29, 0.717) is 23.4 Å². The minimum atomic E-state index is -0.332. The minimum absolute atomic E-state index is 0.332. The fourth-order valence-corrected chi connectivity index (χ4v) is 9.56. The molecule has 0 N–H and O–H groups in total. The summed E-state index contributed by atoms with van der Waals surface area (Å²) in [4.78, 5) is 14.9. The van der Waals surface area contributed by atoms with Crippen LogP contribution < -0.4 is 0 Å². The van der Waals surface area contributed by atoms with Crippen molar-refractivity contribution >= 4 is 5.57 Å². The predicted octanol–water partition coefficient (Wildman–Crippen LogP) is 12.7. The molecule has 0 fully saturated rings. The maximum Gasteiger partial charge on any atom is 0.164 e. The van der Waals surface area contributed by atoms with Crippen molar-refractivity contribution < 1.29 is 0 Å². The summed E-state index contributed by atoms with van der Waals surface area (Å²) in [6.45, 7) is 2.21. The molecule has 57 heavy (non-hydrogen) atoms. The number of aromatic nitrogens is 3. The van der Waals surface area contributed by atoms with Crippen LogP contribution in [0.4, 0.5) is 0 Å². The Bertz CT molecular complexity index is 2800. The molecule has 0 saturated carbocycles. The highest BCUT2D eigenvalue weighted by molar-refractivity contribution is 5.96. The van der Waals surface area contributed by atoms with Gasteiger partial charge in [-0.2, -0.15) is 0 Å². The Labute approximate surface area is 333 Å². The number of hydrogen-bond acceptors (Lipinski definition) is 3. The monoisotopic (exact) mass is 729 g/mol.